The van der Waals surface area contributed by atoms with Gasteiger partial charge in [-0.3, -0.25) is 9.59 Å². The lowest BCUT2D eigenvalue weighted by Gasteiger charge is -2.12. The van der Waals surface area contributed by atoms with Crippen LogP contribution in [0.4, 0.5) is 17.3 Å². The van der Waals surface area contributed by atoms with Gasteiger partial charge < -0.3 is 21.5 Å². The molecule has 3 heterocycles. The summed E-state index contributed by atoms with van der Waals surface area (Å²) in [6.07, 6.45) is 0.892. The number of hydrogen-bond donors (Lipinski definition) is 4. The predicted octanol–water partition coefficient (Wildman–Crippen LogP) is 2.27. The Bertz CT molecular complexity index is 1330. The Balaban J connectivity index is 1.53. The van der Waals surface area contributed by atoms with Gasteiger partial charge in [0.25, 0.3) is 5.91 Å². The van der Waals surface area contributed by atoms with E-state index in [9.17, 15) is 14.7 Å². The number of nitrogen functional groups attached to an aromatic ring is 1. The first kappa shape index (κ1) is 19.0. The Morgan fingerprint density at radius 3 is 2.90 bits per heavy atom. The molecule has 31 heavy (non-hydrogen) atoms. The van der Waals surface area contributed by atoms with Gasteiger partial charge in [0.1, 0.15) is 11.6 Å². The van der Waals surface area contributed by atoms with Crippen molar-refractivity contribution in [1.29, 1.82) is 5.26 Å². The average Bonchev–Trinajstić information content (AvgIpc) is 3.48. The molecule has 9 nitrogen and oxygen atoms in total. The molecule has 5 N–H and O–H groups in total. The van der Waals surface area contributed by atoms with Crippen LogP contribution < -0.4 is 16.4 Å². The summed E-state index contributed by atoms with van der Waals surface area (Å²) in [5.74, 6) is -0.559. The molecule has 2 amide bonds. The summed E-state index contributed by atoms with van der Waals surface area (Å²) in [5, 5.41) is 25.8. The van der Waals surface area contributed by atoms with Crippen molar-refractivity contribution < 1.29 is 14.7 Å². The number of carbonyl (C=O) groups excluding carboxylic acids is 2. The Labute approximate surface area is 176 Å². The summed E-state index contributed by atoms with van der Waals surface area (Å²) >= 11 is 0. The van der Waals surface area contributed by atoms with E-state index >= 15 is 0 Å². The van der Waals surface area contributed by atoms with Gasteiger partial charge in [0.2, 0.25) is 5.91 Å². The molecule has 1 unspecified atom stereocenters. The van der Waals surface area contributed by atoms with Crippen LogP contribution in [0.25, 0.3) is 22.0 Å². The van der Waals surface area contributed by atoms with Gasteiger partial charge in [-0.25, -0.2) is 9.97 Å². The van der Waals surface area contributed by atoms with E-state index < -0.39 is 12.0 Å². The number of pyridine rings is 2. The predicted molar refractivity (Wildman–Crippen MR) is 114 cm³/mol. The van der Waals surface area contributed by atoms with Crippen LogP contribution in [0.2, 0.25) is 0 Å². The van der Waals surface area contributed by atoms with Crippen LogP contribution in [0.1, 0.15) is 23.7 Å². The van der Waals surface area contributed by atoms with Gasteiger partial charge in [0.15, 0.2) is 6.10 Å². The van der Waals surface area contributed by atoms with E-state index in [0.29, 0.717) is 34.6 Å². The second-order valence-corrected chi connectivity index (χ2v) is 7.90. The first-order valence-corrected chi connectivity index (χ1v) is 9.76. The molecule has 154 valence electrons. The lowest BCUT2D eigenvalue weighted by molar-refractivity contribution is -0.123. The molecule has 3 aromatic rings. The first-order valence-electron chi connectivity index (χ1n) is 9.76. The molecular weight excluding hydrogens is 396 g/mol. The Morgan fingerprint density at radius 1 is 1.35 bits per heavy atom. The lowest BCUT2D eigenvalue weighted by atomic mass is 9.98. The largest absolute Gasteiger partial charge is 0.383 e. The SMILES string of the molecule is Cc1cc2c(cc1-c1cc3cc(NC(=O)[C@H]4C[C@@H]4C#N)ncc3c(N)n1)C(O)C(=O)N2. The van der Waals surface area contributed by atoms with Crippen molar-refractivity contribution in [2.24, 2.45) is 11.8 Å². The third-order valence-electron chi connectivity index (χ3n) is 5.76. The first-order chi connectivity index (χ1) is 14.9. The third-order valence-corrected chi connectivity index (χ3v) is 5.76. The summed E-state index contributed by atoms with van der Waals surface area (Å²) in [6, 6.07) is 9.16. The molecule has 0 bridgehead atoms. The van der Waals surface area contributed by atoms with Crippen molar-refractivity contribution in [3.63, 3.8) is 0 Å². The molecule has 5 rings (SSSR count). The highest BCUT2D eigenvalue weighted by Gasteiger charge is 2.43. The quantitative estimate of drug-likeness (QED) is 0.512. The van der Waals surface area contributed by atoms with Crippen molar-refractivity contribution in [2.75, 3.05) is 16.4 Å². The molecular formula is C22H18N6O3. The Kier molecular flexibility index (Phi) is 4.13. The molecule has 3 atom stereocenters. The van der Waals surface area contributed by atoms with Gasteiger partial charge in [0.05, 0.1) is 23.6 Å². The number of benzene rings is 1. The second kappa shape index (κ2) is 6.75. The normalized spacial score (nSPS) is 21.3. The molecule has 1 aromatic carbocycles. The molecule has 0 spiro atoms. The van der Waals surface area contributed by atoms with E-state index in [2.05, 4.69) is 26.7 Å². The number of nitrogens with one attached hydrogen (secondary N) is 2. The topological polar surface area (TPSA) is 154 Å². The fraction of sp³-hybridized carbons (Fsp3) is 0.227. The van der Waals surface area contributed by atoms with Gasteiger partial charge in [0, 0.05) is 28.4 Å². The zero-order valence-corrected chi connectivity index (χ0v) is 16.5. The van der Waals surface area contributed by atoms with Crippen LogP contribution in [0.15, 0.2) is 30.5 Å². The number of aliphatic hydroxyl groups is 1. The monoisotopic (exact) mass is 414 g/mol. The van der Waals surface area contributed by atoms with Crippen molar-refractivity contribution in [3.8, 4) is 17.3 Å². The smallest absolute Gasteiger partial charge is 0.257 e. The van der Waals surface area contributed by atoms with Crippen LogP contribution in [0, 0.1) is 30.1 Å². The number of hydrogen-bond acceptors (Lipinski definition) is 7. The summed E-state index contributed by atoms with van der Waals surface area (Å²) in [7, 11) is 0. The Morgan fingerprint density at radius 2 is 2.16 bits per heavy atom. The lowest BCUT2D eigenvalue weighted by Crippen LogP contribution is -2.15. The zero-order valence-electron chi connectivity index (χ0n) is 16.5. The number of amides is 2. The number of carbonyl (C=O) groups is 2. The van der Waals surface area contributed by atoms with E-state index in [1.807, 2.05) is 13.0 Å². The maximum atomic E-state index is 12.2. The fourth-order valence-electron chi connectivity index (χ4n) is 3.90. The molecule has 1 aliphatic carbocycles. The molecule has 0 saturated heterocycles. The number of fused-ring (bicyclic) bond motifs is 2. The second-order valence-electron chi connectivity index (χ2n) is 7.90. The van der Waals surface area contributed by atoms with E-state index in [-0.39, 0.29) is 23.6 Å². The number of aliphatic hydroxyl groups excluding tert-OH is 1. The number of rotatable bonds is 3. The molecule has 2 aromatic heterocycles. The maximum absolute atomic E-state index is 12.2. The van der Waals surface area contributed by atoms with Crippen LogP contribution >= 0.6 is 0 Å². The molecule has 1 aliphatic heterocycles. The van der Waals surface area contributed by atoms with Crippen molar-refractivity contribution in [3.05, 3.63) is 41.6 Å². The summed E-state index contributed by atoms with van der Waals surface area (Å²) in [6.45, 7) is 1.88. The summed E-state index contributed by atoms with van der Waals surface area (Å²) in [5.41, 5.74) is 9.41. The molecule has 1 fully saturated rings. The Hall–Kier alpha value is -4.03. The van der Waals surface area contributed by atoms with Gasteiger partial charge in [-0.1, -0.05) is 0 Å². The minimum absolute atomic E-state index is 0.221. The van der Waals surface area contributed by atoms with Gasteiger partial charge >= 0.3 is 0 Å². The molecule has 9 heteroatoms. The van der Waals surface area contributed by atoms with E-state index in [4.69, 9.17) is 11.0 Å². The van der Waals surface area contributed by atoms with E-state index in [1.54, 1.807) is 24.4 Å². The van der Waals surface area contributed by atoms with Crippen LogP contribution in [-0.2, 0) is 9.59 Å². The highest BCUT2D eigenvalue weighted by Crippen LogP contribution is 2.39. The number of nitrogens with zero attached hydrogens (tertiary/aromatic N) is 3. The van der Waals surface area contributed by atoms with Gasteiger partial charge in [-0.2, -0.15) is 5.26 Å². The summed E-state index contributed by atoms with van der Waals surface area (Å²) in [4.78, 5) is 32.7. The van der Waals surface area contributed by atoms with Gasteiger partial charge in [-0.05, 0) is 48.6 Å². The van der Waals surface area contributed by atoms with Crippen LogP contribution in [-0.4, -0.2) is 26.9 Å². The molecule has 2 aliphatic rings. The van der Waals surface area contributed by atoms with E-state index in [1.165, 1.54) is 0 Å². The fourth-order valence-corrected chi connectivity index (χ4v) is 3.90. The number of aryl methyl sites for hydroxylation is 1. The van der Waals surface area contributed by atoms with Crippen LogP contribution in [0.5, 0.6) is 0 Å². The molecule has 0 radical (unpaired) electrons. The standard InChI is InChI=1S/C22H18N6O3/c1-9-2-16-14(19(29)22(31)27-16)6-12(9)17-4-10-5-18(25-8-15(10)20(24)26-17)28-21(30)13-3-11(13)7-23/h2,4-6,8,11,13,19,29H,3H2,1H3,(H2,24,26)(H,27,31)(H,25,28,30)/t11-,13+,19?/m1/s1. The zero-order chi connectivity index (χ0) is 21.9. The highest BCUT2D eigenvalue weighted by atomic mass is 16.3. The molecule has 1 saturated carbocycles. The summed E-state index contributed by atoms with van der Waals surface area (Å²) < 4.78 is 0. The maximum Gasteiger partial charge on any atom is 0.257 e. The average molecular weight is 414 g/mol. The minimum atomic E-state index is -1.22. The number of aromatic nitrogens is 2. The third kappa shape index (κ3) is 3.14. The van der Waals surface area contributed by atoms with Gasteiger partial charge in [-0.15, -0.1) is 0 Å². The van der Waals surface area contributed by atoms with Crippen LogP contribution in [0.3, 0.4) is 0 Å². The minimum Gasteiger partial charge on any atom is -0.383 e. The van der Waals surface area contributed by atoms with Crippen molar-refractivity contribution in [1.82, 2.24) is 9.97 Å². The van der Waals surface area contributed by atoms with Crippen molar-refractivity contribution >= 4 is 39.9 Å². The number of nitrogens with two attached hydrogens (primary N) is 1. The van der Waals surface area contributed by atoms with Crippen molar-refractivity contribution in [2.45, 2.75) is 19.4 Å². The number of nitriles is 1. The highest BCUT2D eigenvalue weighted by molar-refractivity contribution is 6.03. The number of anilines is 3. The van der Waals surface area contributed by atoms with E-state index in [0.717, 1.165) is 16.5 Å².